The molecule has 34 heavy (non-hydrogen) atoms. The van der Waals surface area contributed by atoms with Gasteiger partial charge in [0.1, 0.15) is 21.8 Å². The summed E-state index contributed by atoms with van der Waals surface area (Å²) < 4.78 is 5.73. The van der Waals surface area contributed by atoms with Gasteiger partial charge in [0, 0.05) is 17.7 Å². The van der Waals surface area contributed by atoms with Crippen LogP contribution in [0.1, 0.15) is 44.7 Å². The first-order valence-electron chi connectivity index (χ1n) is 11.8. The zero-order valence-electron chi connectivity index (χ0n) is 19.8. The lowest BCUT2D eigenvalue weighted by atomic mass is 9.96. The fraction of sp³-hybridized carbons (Fsp3) is 0.423. The molecule has 2 aromatic carbocycles. The molecule has 0 bridgehead atoms. The molecule has 1 saturated heterocycles. The summed E-state index contributed by atoms with van der Waals surface area (Å²) in [6.07, 6.45) is 3.42. The first-order valence-corrected chi connectivity index (χ1v) is 12.9. The van der Waals surface area contributed by atoms with E-state index in [0.717, 1.165) is 59.9 Å². The molecular weight excluding hydrogens is 470 g/mol. The fourth-order valence-electron chi connectivity index (χ4n) is 4.56. The summed E-state index contributed by atoms with van der Waals surface area (Å²) in [5.74, 6) is -0.0541. The summed E-state index contributed by atoms with van der Waals surface area (Å²) in [5.41, 5.74) is 4.49. The Labute approximate surface area is 209 Å². The Morgan fingerprint density at radius 3 is 2.76 bits per heavy atom. The summed E-state index contributed by atoms with van der Waals surface area (Å²) in [4.78, 5) is 13.6. The Morgan fingerprint density at radius 2 is 2.06 bits per heavy atom. The molecule has 6 nitrogen and oxygen atoms in total. The van der Waals surface area contributed by atoms with Gasteiger partial charge in [-0.25, -0.2) is 0 Å². The van der Waals surface area contributed by atoms with E-state index >= 15 is 0 Å². The van der Waals surface area contributed by atoms with E-state index in [1.807, 2.05) is 32.0 Å². The smallest absolute Gasteiger partial charge is 0.320 e. The van der Waals surface area contributed by atoms with Crippen molar-refractivity contribution >= 4 is 28.9 Å². The van der Waals surface area contributed by atoms with Gasteiger partial charge in [0.2, 0.25) is 0 Å². The molecule has 1 N–H and O–H groups in total. The molecule has 0 radical (unpaired) electrons. The van der Waals surface area contributed by atoms with Gasteiger partial charge in [-0.1, -0.05) is 48.1 Å². The van der Waals surface area contributed by atoms with Crippen molar-refractivity contribution in [1.29, 1.82) is 0 Å². The highest BCUT2D eigenvalue weighted by Crippen LogP contribution is 2.36. The van der Waals surface area contributed by atoms with Crippen LogP contribution in [0.15, 0.2) is 36.4 Å². The quantitative estimate of drug-likeness (QED) is 0.391. The third-order valence-corrected chi connectivity index (χ3v) is 7.44. The number of ether oxygens (including phenoxy) is 1. The molecule has 3 aromatic rings. The second-order valence-electron chi connectivity index (χ2n) is 8.80. The zero-order chi connectivity index (χ0) is 24.2. The van der Waals surface area contributed by atoms with Crippen molar-refractivity contribution in [3.8, 4) is 26.9 Å². The highest BCUT2D eigenvalue weighted by molar-refractivity contribution is 7.17. The second kappa shape index (κ2) is 10.8. The van der Waals surface area contributed by atoms with Gasteiger partial charge in [-0.15, -0.1) is 10.2 Å². The summed E-state index contributed by atoms with van der Waals surface area (Å²) in [7, 11) is 0. The van der Waals surface area contributed by atoms with E-state index in [2.05, 4.69) is 40.2 Å². The Bertz CT molecular complexity index is 1160. The second-order valence-corrected chi connectivity index (χ2v) is 10.2. The largest absolute Gasteiger partial charge is 0.489 e. The lowest BCUT2D eigenvalue weighted by molar-refractivity contribution is -0.142. The monoisotopic (exact) mass is 499 g/mol. The van der Waals surface area contributed by atoms with Crippen molar-refractivity contribution in [3.05, 3.63) is 52.5 Å². The van der Waals surface area contributed by atoms with Crippen LogP contribution in [-0.4, -0.2) is 51.4 Å². The van der Waals surface area contributed by atoms with Crippen molar-refractivity contribution < 1.29 is 14.6 Å². The summed E-state index contributed by atoms with van der Waals surface area (Å²) in [6, 6.07) is 11.6. The Hall–Kier alpha value is -2.48. The summed E-state index contributed by atoms with van der Waals surface area (Å²) in [5, 5.41) is 20.6. The van der Waals surface area contributed by atoms with E-state index in [1.54, 1.807) is 11.3 Å². The van der Waals surface area contributed by atoms with E-state index in [-0.39, 0.29) is 12.1 Å². The van der Waals surface area contributed by atoms with Gasteiger partial charge >= 0.3 is 5.97 Å². The van der Waals surface area contributed by atoms with Crippen LogP contribution >= 0.6 is 22.9 Å². The summed E-state index contributed by atoms with van der Waals surface area (Å²) >= 11 is 7.97. The third-order valence-electron chi connectivity index (χ3n) is 6.14. The molecule has 0 saturated carbocycles. The number of likely N-dealkylation sites (tertiary alicyclic amines) is 1. The molecule has 4 rings (SSSR count). The zero-order valence-corrected chi connectivity index (χ0v) is 21.3. The SMILES string of the molecule is CCc1c(CCN2CCC[C@@H]2C(=O)O)cccc1-c1nnc(-c2ccc(OC(C)C)c(Cl)c2)s1. The summed E-state index contributed by atoms with van der Waals surface area (Å²) in [6.45, 7) is 7.68. The maximum atomic E-state index is 11.5. The third kappa shape index (κ3) is 5.43. The van der Waals surface area contributed by atoms with Crippen LogP contribution in [0.5, 0.6) is 5.75 Å². The van der Waals surface area contributed by atoms with Crippen LogP contribution in [0, 0.1) is 0 Å². The topological polar surface area (TPSA) is 75.6 Å². The number of benzene rings is 2. The number of hydrogen-bond donors (Lipinski definition) is 1. The molecule has 0 aliphatic carbocycles. The Balaban J connectivity index is 1.55. The minimum atomic E-state index is -0.716. The maximum Gasteiger partial charge on any atom is 0.320 e. The van der Waals surface area contributed by atoms with Crippen molar-refractivity contribution in [2.75, 3.05) is 13.1 Å². The molecule has 0 unspecified atom stereocenters. The van der Waals surface area contributed by atoms with Crippen molar-refractivity contribution in [3.63, 3.8) is 0 Å². The Morgan fingerprint density at radius 1 is 1.26 bits per heavy atom. The number of nitrogens with zero attached hydrogens (tertiary/aromatic N) is 3. The lowest BCUT2D eigenvalue weighted by Crippen LogP contribution is -2.37. The maximum absolute atomic E-state index is 11.5. The van der Waals surface area contributed by atoms with E-state index in [0.29, 0.717) is 10.8 Å². The molecule has 0 amide bonds. The first kappa shape index (κ1) is 24.6. The van der Waals surface area contributed by atoms with Gasteiger partial charge < -0.3 is 9.84 Å². The minimum Gasteiger partial charge on any atom is -0.489 e. The number of hydrogen-bond acceptors (Lipinski definition) is 6. The molecule has 1 aromatic heterocycles. The fourth-order valence-corrected chi connectivity index (χ4v) is 5.67. The molecule has 1 fully saturated rings. The van der Waals surface area contributed by atoms with Crippen molar-refractivity contribution in [1.82, 2.24) is 15.1 Å². The molecule has 1 aliphatic rings. The van der Waals surface area contributed by atoms with Crippen molar-refractivity contribution in [2.45, 2.75) is 58.6 Å². The predicted octanol–water partition coefficient (Wildman–Crippen LogP) is 5.97. The molecule has 1 atom stereocenters. The number of halogens is 1. The number of aliphatic carboxylic acids is 1. The van der Waals surface area contributed by atoms with Gasteiger partial charge in [-0.2, -0.15) is 0 Å². The van der Waals surface area contributed by atoms with Crippen LogP contribution in [0.25, 0.3) is 21.1 Å². The highest BCUT2D eigenvalue weighted by atomic mass is 35.5. The van der Waals surface area contributed by atoms with E-state index in [4.69, 9.17) is 16.3 Å². The van der Waals surface area contributed by atoms with Crippen molar-refractivity contribution in [2.24, 2.45) is 0 Å². The molecule has 8 heteroatoms. The van der Waals surface area contributed by atoms with Gasteiger partial charge in [0.25, 0.3) is 0 Å². The normalized spacial score (nSPS) is 16.3. The van der Waals surface area contributed by atoms with Gasteiger partial charge in [-0.3, -0.25) is 9.69 Å². The molecule has 1 aliphatic heterocycles. The molecule has 180 valence electrons. The molecule has 2 heterocycles. The minimum absolute atomic E-state index is 0.0525. The number of carboxylic acid groups (broad SMARTS) is 1. The van der Waals surface area contributed by atoms with E-state index in [9.17, 15) is 9.90 Å². The van der Waals surface area contributed by atoms with Crippen LogP contribution in [-0.2, 0) is 17.6 Å². The molecule has 0 spiro atoms. The standard InChI is InChI=1S/C26H30ClN3O3S/c1-4-19-17(12-14-30-13-6-9-22(30)26(31)32)7-5-8-20(19)25-29-28-24(34-25)18-10-11-23(21(27)15-18)33-16(2)3/h5,7-8,10-11,15-16,22H,4,6,9,12-14H2,1-3H3,(H,31,32)/t22-/m1/s1. The van der Waals surface area contributed by atoms with Gasteiger partial charge in [0.15, 0.2) is 0 Å². The Kier molecular flexibility index (Phi) is 7.86. The highest BCUT2D eigenvalue weighted by Gasteiger charge is 2.30. The number of carboxylic acids is 1. The van der Waals surface area contributed by atoms with Gasteiger partial charge in [-0.05, 0) is 75.4 Å². The van der Waals surface area contributed by atoms with Crippen LogP contribution in [0.4, 0.5) is 0 Å². The average Bonchev–Trinajstić information content (AvgIpc) is 3.48. The number of carbonyl (C=O) groups is 1. The number of rotatable bonds is 9. The lowest BCUT2D eigenvalue weighted by Gasteiger charge is -2.22. The van der Waals surface area contributed by atoms with Crippen LogP contribution < -0.4 is 4.74 Å². The van der Waals surface area contributed by atoms with Crippen LogP contribution in [0.3, 0.4) is 0 Å². The van der Waals surface area contributed by atoms with E-state index < -0.39 is 5.97 Å². The van der Waals surface area contributed by atoms with Crippen LogP contribution in [0.2, 0.25) is 5.02 Å². The first-order chi connectivity index (χ1) is 16.4. The van der Waals surface area contributed by atoms with Gasteiger partial charge in [0.05, 0.1) is 11.1 Å². The molecular formula is C26H30ClN3O3S. The predicted molar refractivity (Wildman–Crippen MR) is 137 cm³/mol. The number of aromatic nitrogens is 2. The van der Waals surface area contributed by atoms with E-state index in [1.165, 1.54) is 11.1 Å². The average molecular weight is 500 g/mol.